The maximum absolute atomic E-state index is 11.6. The van der Waals surface area contributed by atoms with Crippen LogP contribution >= 0.6 is 0 Å². The van der Waals surface area contributed by atoms with Crippen LogP contribution in [0, 0.1) is 5.41 Å². The van der Waals surface area contributed by atoms with Crippen molar-refractivity contribution < 1.29 is 14.7 Å². The summed E-state index contributed by atoms with van der Waals surface area (Å²) < 4.78 is 1.15. The highest BCUT2D eigenvalue weighted by Gasteiger charge is 2.16. The molecule has 0 aliphatic rings. The van der Waals surface area contributed by atoms with Crippen molar-refractivity contribution in [3.63, 3.8) is 0 Å². The second-order valence-electron chi connectivity index (χ2n) is 4.98. The molecule has 7 heteroatoms. The van der Waals surface area contributed by atoms with E-state index >= 15 is 0 Å². The van der Waals surface area contributed by atoms with Gasteiger partial charge in [0.2, 0.25) is 5.91 Å². The van der Waals surface area contributed by atoms with Crippen molar-refractivity contribution in [2.45, 2.75) is 33.7 Å². The van der Waals surface area contributed by atoms with Gasteiger partial charge in [-0.1, -0.05) is 26.0 Å². The SMILES string of the molecule is CC(C)(C)CC(=O)Nc1cn(CC(=O)O)nn1. The Hall–Kier alpha value is -1.92. The molecule has 0 atom stereocenters. The van der Waals surface area contributed by atoms with Gasteiger partial charge in [0.1, 0.15) is 6.54 Å². The molecule has 2 N–H and O–H groups in total. The number of nitrogens with zero attached hydrogens (tertiary/aromatic N) is 3. The first-order valence-electron chi connectivity index (χ1n) is 5.18. The Kier molecular flexibility index (Phi) is 3.82. The summed E-state index contributed by atoms with van der Waals surface area (Å²) in [4.78, 5) is 22.0. The number of aromatic nitrogens is 3. The van der Waals surface area contributed by atoms with Crippen molar-refractivity contribution in [3.05, 3.63) is 6.20 Å². The van der Waals surface area contributed by atoms with Crippen molar-refractivity contribution in [2.24, 2.45) is 5.41 Å². The zero-order valence-corrected chi connectivity index (χ0v) is 10.1. The first kappa shape index (κ1) is 13.1. The van der Waals surface area contributed by atoms with Gasteiger partial charge in [0.25, 0.3) is 0 Å². The second kappa shape index (κ2) is 4.94. The van der Waals surface area contributed by atoms with Gasteiger partial charge in [-0.05, 0) is 5.41 Å². The lowest BCUT2D eigenvalue weighted by Crippen LogP contribution is -2.19. The van der Waals surface area contributed by atoms with Crippen molar-refractivity contribution in [2.75, 3.05) is 5.32 Å². The molecule has 0 spiro atoms. The Bertz CT molecular complexity index is 419. The summed E-state index contributed by atoms with van der Waals surface area (Å²) in [5.41, 5.74) is -0.110. The van der Waals surface area contributed by atoms with Gasteiger partial charge < -0.3 is 10.4 Å². The van der Waals surface area contributed by atoms with Gasteiger partial charge in [-0.3, -0.25) is 9.59 Å². The number of carboxylic acids is 1. The van der Waals surface area contributed by atoms with Crippen LogP contribution in [0.25, 0.3) is 0 Å². The van der Waals surface area contributed by atoms with Gasteiger partial charge in [-0.2, -0.15) is 0 Å². The molecule has 0 radical (unpaired) electrons. The summed E-state index contributed by atoms with van der Waals surface area (Å²) in [5, 5.41) is 18.3. The zero-order chi connectivity index (χ0) is 13.1. The van der Waals surface area contributed by atoms with Crippen LogP contribution in [0.2, 0.25) is 0 Å². The monoisotopic (exact) mass is 240 g/mol. The number of carbonyl (C=O) groups excluding carboxylic acids is 1. The van der Waals surface area contributed by atoms with Crippen molar-refractivity contribution >= 4 is 17.7 Å². The van der Waals surface area contributed by atoms with Crippen LogP contribution in [0.5, 0.6) is 0 Å². The van der Waals surface area contributed by atoms with Gasteiger partial charge >= 0.3 is 5.97 Å². The molecule has 0 unspecified atom stereocenters. The Morgan fingerprint density at radius 2 is 2.12 bits per heavy atom. The van der Waals surface area contributed by atoms with Crippen LogP contribution in [-0.4, -0.2) is 32.0 Å². The number of hydrogen-bond acceptors (Lipinski definition) is 4. The van der Waals surface area contributed by atoms with E-state index in [0.29, 0.717) is 6.42 Å². The normalized spacial score (nSPS) is 11.2. The molecule has 1 rings (SSSR count). The number of carbonyl (C=O) groups is 2. The van der Waals surface area contributed by atoms with Crippen LogP contribution in [0.1, 0.15) is 27.2 Å². The first-order valence-corrected chi connectivity index (χ1v) is 5.18. The molecule has 0 saturated carbocycles. The lowest BCUT2D eigenvalue weighted by Gasteiger charge is -2.16. The van der Waals surface area contributed by atoms with Crippen LogP contribution in [0.3, 0.4) is 0 Å². The smallest absolute Gasteiger partial charge is 0.325 e. The van der Waals surface area contributed by atoms with Crippen LogP contribution in [0.4, 0.5) is 5.82 Å². The second-order valence-corrected chi connectivity index (χ2v) is 4.98. The molecule has 0 aliphatic carbocycles. The molecule has 1 amide bonds. The molecule has 1 aromatic rings. The summed E-state index contributed by atoms with van der Waals surface area (Å²) in [5.74, 6) is -0.914. The fraction of sp³-hybridized carbons (Fsp3) is 0.600. The van der Waals surface area contributed by atoms with Gasteiger partial charge in [0.15, 0.2) is 5.82 Å². The van der Waals surface area contributed by atoms with Crippen molar-refractivity contribution in [3.8, 4) is 0 Å². The number of anilines is 1. The Balaban J connectivity index is 2.55. The lowest BCUT2D eigenvalue weighted by molar-refractivity contribution is -0.137. The van der Waals surface area contributed by atoms with E-state index in [-0.39, 0.29) is 23.7 Å². The van der Waals surface area contributed by atoms with Gasteiger partial charge in [0, 0.05) is 6.42 Å². The first-order chi connectivity index (χ1) is 7.76. The number of hydrogen-bond donors (Lipinski definition) is 2. The Morgan fingerprint density at radius 1 is 1.47 bits per heavy atom. The minimum Gasteiger partial charge on any atom is -0.480 e. The van der Waals surface area contributed by atoms with Crippen molar-refractivity contribution in [1.29, 1.82) is 0 Å². The van der Waals surface area contributed by atoms with Crippen LogP contribution < -0.4 is 5.32 Å². The summed E-state index contributed by atoms with van der Waals surface area (Å²) in [7, 11) is 0. The van der Waals surface area contributed by atoms with E-state index in [4.69, 9.17) is 5.11 Å². The van der Waals surface area contributed by atoms with E-state index in [0.717, 1.165) is 4.68 Å². The van der Waals surface area contributed by atoms with Crippen molar-refractivity contribution in [1.82, 2.24) is 15.0 Å². The molecule has 17 heavy (non-hydrogen) atoms. The third kappa shape index (κ3) is 5.10. The quantitative estimate of drug-likeness (QED) is 0.808. The number of aliphatic carboxylic acids is 1. The molecule has 1 heterocycles. The summed E-state index contributed by atoms with van der Waals surface area (Å²) in [6.45, 7) is 5.58. The molecule has 0 bridgehead atoms. The number of rotatable bonds is 4. The van der Waals surface area contributed by atoms with Crippen LogP contribution in [0.15, 0.2) is 6.20 Å². The predicted molar refractivity (Wildman–Crippen MR) is 60.4 cm³/mol. The molecule has 1 aromatic heterocycles. The van der Waals surface area contributed by atoms with E-state index in [1.54, 1.807) is 0 Å². The lowest BCUT2D eigenvalue weighted by atomic mass is 9.92. The van der Waals surface area contributed by atoms with E-state index in [1.165, 1.54) is 6.20 Å². The number of amides is 1. The van der Waals surface area contributed by atoms with E-state index in [2.05, 4.69) is 15.6 Å². The number of nitrogens with one attached hydrogen (secondary N) is 1. The fourth-order valence-corrected chi connectivity index (χ4v) is 1.24. The fourth-order valence-electron chi connectivity index (χ4n) is 1.24. The maximum Gasteiger partial charge on any atom is 0.325 e. The highest BCUT2D eigenvalue weighted by Crippen LogP contribution is 2.18. The maximum atomic E-state index is 11.6. The van der Waals surface area contributed by atoms with Gasteiger partial charge in [0.05, 0.1) is 6.20 Å². The van der Waals surface area contributed by atoms with Gasteiger partial charge in [-0.15, -0.1) is 5.10 Å². The average Bonchev–Trinajstić information content (AvgIpc) is 2.46. The molecule has 7 nitrogen and oxygen atoms in total. The Morgan fingerprint density at radius 3 is 2.65 bits per heavy atom. The summed E-state index contributed by atoms with van der Waals surface area (Å²) in [6, 6.07) is 0. The third-order valence-electron chi connectivity index (χ3n) is 1.79. The topological polar surface area (TPSA) is 97.1 Å². The van der Waals surface area contributed by atoms with E-state index in [1.807, 2.05) is 20.8 Å². The number of carboxylic acid groups (broad SMARTS) is 1. The minimum atomic E-state index is -1.01. The van der Waals surface area contributed by atoms with E-state index < -0.39 is 5.97 Å². The summed E-state index contributed by atoms with van der Waals surface area (Å²) >= 11 is 0. The largest absolute Gasteiger partial charge is 0.480 e. The third-order valence-corrected chi connectivity index (χ3v) is 1.79. The average molecular weight is 240 g/mol. The highest BCUT2D eigenvalue weighted by molar-refractivity contribution is 5.89. The minimum absolute atomic E-state index is 0.110. The molecule has 0 fully saturated rings. The van der Waals surface area contributed by atoms with Crippen LogP contribution in [-0.2, 0) is 16.1 Å². The van der Waals surface area contributed by atoms with Gasteiger partial charge in [-0.25, -0.2) is 4.68 Å². The predicted octanol–water partition coefficient (Wildman–Crippen LogP) is 0.737. The molecule has 94 valence electrons. The standard InChI is InChI=1S/C10H16N4O3/c1-10(2,3)4-8(15)11-7-5-14(13-12-7)6-9(16)17/h5H,4,6H2,1-3H3,(H,11,15)(H,16,17). The molecular weight excluding hydrogens is 224 g/mol. The summed E-state index contributed by atoms with van der Waals surface area (Å²) in [6.07, 6.45) is 1.74. The molecular formula is C10H16N4O3. The van der Waals surface area contributed by atoms with E-state index in [9.17, 15) is 9.59 Å². The zero-order valence-electron chi connectivity index (χ0n) is 10.1. The molecule has 0 aliphatic heterocycles. The highest BCUT2D eigenvalue weighted by atomic mass is 16.4. The molecule has 0 aromatic carbocycles. The molecule has 0 saturated heterocycles. The Labute approximate surface area is 98.8 Å².